The van der Waals surface area contributed by atoms with Crippen molar-refractivity contribution in [1.82, 2.24) is 5.32 Å². The maximum absolute atomic E-state index is 12.9. The lowest BCUT2D eigenvalue weighted by Gasteiger charge is -2.37. The zero-order valence-electron chi connectivity index (χ0n) is 14.2. The predicted molar refractivity (Wildman–Crippen MR) is 95.7 cm³/mol. The normalized spacial score (nSPS) is 25.3. The first-order valence-corrected chi connectivity index (χ1v) is 8.28. The quantitative estimate of drug-likeness (QED) is 0.821. The van der Waals surface area contributed by atoms with E-state index in [1.807, 2.05) is 13.0 Å². The Bertz CT molecular complexity index is 635. The zero-order valence-corrected chi connectivity index (χ0v) is 15.0. The van der Waals surface area contributed by atoms with Gasteiger partial charge in [-0.15, -0.1) is 12.4 Å². The largest absolute Gasteiger partial charge is 0.465 e. The molecule has 0 aromatic heterocycles. The van der Waals surface area contributed by atoms with Crippen molar-refractivity contribution in [1.29, 1.82) is 0 Å². The first-order valence-electron chi connectivity index (χ1n) is 8.28. The number of anilines is 1. The monoisotopic (exact) mass is 352 g/mol. The van der Waals surface area contributed by atoms with E-state index < -0.39 is 0 Å². The van der Waals surface area contributed by atoms with Crippen LogP contribution in [0.3, 0.4) is 0 Å². The lowest BCUT2D eigenvalue weighted by atomic mass is 9.67. The van der Waals surface area contributed by atoms with Gasteiger partial charge in [0.2, 0.25) is 5.91 Å². The molecule has 1 aliphatic carbocycles. The Kier molecular flexibility index (Phi) is 5.88. The van der Waals surface area contributed by atoms with Crippen LogP contribution in [0.15, 0.2) is 18.2 Å². The predicted octanol–water partition coefficient (Wildman–Crippen LogP) is 2.92. The number of esters is 1. The molecule has 1 aromatic carbocycles. The molecule has 24 heavy (non-hydrogen) atoms. The van der Waals surface area contributed by atoms with Crippen LogP contribution < -0.4 is 10.6 Å². The molecule has 5 nitrogen and oxygen atoms in total. The molecular weight excluding hydrogens is 328 g/mol. The van der Waals surface area contributed by atoms with Gasteiger partial charge in [-0.2, -0.15) is 0 Å². The molecular formula is C18H25ClN2O3. The maximum Gasteiger partial charge on any atom is 0.338 e. The second-order valence-corrected chi connectivity index (χ2v) is 6.71. The summed E-state index contributed by atoms with van der Waals surface area (Å²) >= 11 is 0. The summed E-state index contributed by atoms with van der Waals surface area (Å²) in [5.74, 6) is 0.190. The highest BCUT2D eigenvalue weighted by Gasteiger charge is 2.49. The Morgan fingerprint density at radius 1 is 1.33 bits per heavy atom. The van der Waals surface area contributed by atoms with Gasteiger partial charge in [0.05, 0.1) is 18.1 Å². The average molecular weight is 353 g/mol. The van der Waals surface area contributed by atoms with Gasteiger partial charge in [-0.05, 0) is 56.0 Å². The number of carbonyl (C=O) groups is 2. The van der Waals surface area contributed by atoms with Gasteiger partial charge in [-0.3, -0.25) is 4.79 Å². The van der Waals surface area contributed by atoms with Crippen LogP contribution in [-0.4, -0.2) is 32.1 Å². The molecule has 0 bridgehead atoms. The number of aryl methyl sites for hydroxylation is 1. The third-order valence-electron chi connectivity index (χ3n) is 5.38. The smallest absolute Gasteiger partial charge is 0.338 e. The molecule has 1 saturated carbocycles. The van der Waals surface area contributed by atoms with E-state index in [1.54, 1.807) is 12.1 Å². The average Bonchev–Trinajstić information content (AvgIpc) is 2.99. The third-order valence-corrected chi connectivity index (χ3v) is 5.38. The Morgan fingerprint density at radius 3 is 2.83 bits per heavy atom. The number of amides is 1. The highest BCUT2D eigenvalue weighted by atomic mass is 35.5. The fourth-order valence-corrected chi connectivity index (χ4v) is 4.03. The third kappa shape index (κ3) is 3.28. The van der Waals surface area contributed by atoms with Crippen LogP contribution in [0.4, 0.5) is 5.69 Å². The van der Waals surface area contributed by atoms with E-state index in [9.17, 15) is 9.59 Å². The minimum absolute atomic E-state index is 0. The first-order chi connectivity index (χ1) is 11.1. The van der Waals surface area contributed by atoms with E-state index in [0.29, 0.717) is 11.5 Å². The number of rotatable bonds is 3. The number of hydrogen-bond acceptors (Lipinski definition) is 4. The number of methoxy groups -OCH3 is 1. The van der Waals surface area contributed by atoms with Crippen LogP contribution in [0.5, 0.6) is 0 Å². The molecule has 2 fully saturated rings. The molecule has 132 valence electrons. The van der Waals surface area contributed by atoms with Gasteiger partial charge in [0, 0.05) is 12.2 Å². The number of benzene rings is 1. The SMILES string of the molecule is COC(=O)c1ccc(NC(=O)[C@@]23CCCC[C@H]2CNC3)cc1C.Cl. The second-order valence-electron chi connectivity index (χ2n) is 6.71. The molecule has 0 spiro atoms. The molecule has 3 rings (SSSR count). The van der Waals surface area contributed by atoms with E-state index in [4.69, 9.17) is 4.74 Å². The standard InChI is InChI=1S/C18H24N2O3.ClH/c1-12-9-14(6-7-15(12)16(21)23-2)20-17(22)18-8-4-3-5-13(18)10-19-11-18;/h6-7,9,13,19H,3-5,8,10-11H2,1-2H3,(H,20,22);1H/t13-,18+;/m0./s1. The van der Waals surface area contributed by atoms with Crippen LogP contribution in [0, 0.1) is 18.3 Å². The summed E-state index contributed by atoms with van der Waals surface area (Å²) in [5, 5.41) is 6.46. The van der Waals surface area contributed by atoms with E-state index >= 15 is 0 Å². The molecule has 2 N–H and O–H groups in total. The number of halogens is 1. The van der Waals surface area contributed by atoms with Gasteiger partial charge in [-0.1, -0.05) is 12.8 Å². The van der Waals surface area contributed by atoms with Crippen molar-refractivity contribution in [3.8, 4) is 0 Å². The minimum Gasteiger partial charge on any atom is -0.465 e. The summed E-state index contributed by atoms with van der Waals surface area (Å²) in [6.45, 7) is 3.55. The van der Waals surface area contributed by atoms with Crippen molar-refractivity contribution in [2.24, 2.45) is 11.3 Å². The van der Waals surface area contributed by atoms with Crippen LogP contribution in [0.2, 0.25) is 0 Å². The zero-order chi connectivity index (χ0) is 16.4. The van der Waals surface area contributed by atoms with E-state index in [-0.39, 0.29) is 29.7 Å². The lowest BCUT2D eigenvalue weighted by molar-refractivity contribution is -0.128. The van der Waals surface area contributed by atoms with Gasteiger partial charge in [0.25, 0.3) is 0 Å². The summed E-state index contributed by atoms with van der Waals surface area (Å²) < 4.78 is 4.75. The van der Waals surface area contributed by atoms with Crippen molar-refractivity contribution < 1.29 is 14.3 Å². The molecule has 1 heterocycles. The molecule has 0 radical (unpaired) electrons. The van der Waals surface area contributed by atoms with Crippen molar-refractivity contribution >= 4 is 30.0 Å². The molecule has 1 amide bonds. The van der Waals surface area contributed by atoms with Crippen molar-refractivity contribution in [3.05, 3.63) is 29.3 Å². The van der Waals surface area contributed by atoms with Crippen LogP contribution >= 0.6 is 12.4 Å². The Labute approximate surface area is 148 Å². The number of hydrogen-bond donors (Lipinski definition) is 2. The van der Waals surface area contributed by atoms with E-state index in [0.717, 1.165) is 43.6 Å². The topological polar surface area (TPSA) is 67.4 Å². The maximum atomic E-state index is 12.9. The Balaban J connectivity index is 0.00000208. The van der Waals surface area contributed by atoms with Gasteiger partial charge < -0.3 is 15.4 Å². The lowest BCUT2D eigenvalue weighted by Crippen LogP contribution is -2.44. The van der Waals surface area contributed by atoms with Crippen LogP contribution in [0.1, 0.15) is 41.6 Å². The summed E-state index contributed by atoms with van der Waals surface area (Å²) in [6.07, 6.45) is 4.41. The van der Waals surface area contributed by atoms with Gasteiger partial charge in [-0.25, -0.2) is 4.79 Å². The van der Waals surface area contributed by atoms with Crippen molar-refractivity contribution in [3.63, 3.8) is 0 Å². The summed E-state index contributed by atoms with van der Waals surface area (Å²) in [5.41, 5.74) is 1.80. The van der Waals surface area contributed by atoms with E-state index in [2.05, 4.69) is 10.6 Å². The Hall–Kier alpha value is -1.59. The summed E-state index contributed by atoms with van der Waals surface area (Å²) in [7, 11) is 1.37. The molecule has 1 saturated heterocycles. The highest BCUT2D eigenvalue weighted by molar-refractivity contribution is 5.97. The summed E-state index contributed by atoms with van der Waals surface area (Å²) in [4.78, 5) is 24.6. The summed E-state index contributed by atoms with van der Waals surface area (Å²) in [6, 6.07) is 5.31. The fourth-order valence-electron chi connectivity index (χ4n) is 4.03. The second kappa shape index (κ2) is 7.53. The fraction of sp³-hybridized carbons (Fsp3) is 0.556. The number of fused-ring (bicyclic) bond motifs is 1. The van der Waals surface area contributed by atoms with Crippen LogP contribution in [0.25, 0.3) is 0 Å². The molecule has 1 aliphatic heterocycles. The molecule has 2 aliphatic rings. The van der Waals surface area contributed by atoms with Gasteiger partial charge in [0.15, 0.2) is 0 Å². The van der Waals surface area contributed by atoms with Crippen LogP contribution in [-0.2, 0) is 9.53 Å². The minimum atomic E-state index is -0.355. The van der Waals surface area contributed by atoms with Gasteiger partial charge in [0.1, 0.15) is 0 Å². The van der Waals surface area contributed by atoms with E-state index in [1.165, 1.54) is 13.5 Å². The van der Waals surface area contributed by atoms with Gasteiger partial charge >= 0.3 is 5.97 Å². The molecule has 2 atom stereocenters. The first kappa shape index (κ1) is 18.7. The molecule has 6 heteroatoms. The number of ether oxygens (including phenoxy) is 1. The van der Waals surface area contributed by atoms with Crippen molar-refractivity contribution in [2.45, 2.75) is 32.6 Å². The highest BCUT2D eigenvalue weighted by Crippen LogP contribution is 2.44. The molecule has 0 unspecified atom stereocenters. The molecule has 1 aromatic rings. The Morgan fingerprint density at radius 2 is 2.12 bits per heavy atom. The number of nitrogens with one attached hydrogen (secondary N) is 2. The number of carbonyl (C=O) groups excluding carboxylic acids is 2. The van der Waals surface area contributed by atoms with Crippen molar-refractivity contribution in [2.75, 3.05) is 25.5 Å².